The molecule has 252 valence electrons. The van der Waals surface area contributed by atoms with Crippen LogP contribution in [0.25, 0.3) is 22.3 Å². The van der Waals surface area contributed by atoms with E-state index >= 15 is 0 Å². The topological polar surface area (TPSA) is 274 Å². The molecule has 4 aromatic heterocycles. The van der Waals surface area contributed by atoms with Gasteiger partial charge in [0, 0.05) is 11.8 Å². The molecule has 11 atom stereocenters. The Labute approximate surface area is 268 Å². The van der Waals surface area contributed by atoms with Crippen molar-refractivity contribution in [1.29, 1.82) is 0 Å². The number of hydrogen-bond donors (Lipinski definition) is 6. The lowest BCUT2D eigenvalue weighted by Gasteiger charge is -2.30. The van der Waals surface area contributed by atoms with E-state index < -0.39 is 93.9 Å². The van der Waals surface area contributed by atoms with Gasteiger partial charge in [0.05, 0.1) is 44.1 Å². The quantitative estimate of drug-likeness (QED) is 0.121. The van der Waals surface area contributed by atoms with E-state index in [0.717, 1.165) is 0 Å². The van der Waals surface area contributed by atoms with Gasteiger partial charge in [-0.25, -0.2) is 34.0 Å². The molecule has 20 nitrogen and oxygen atoms in total. The van der Waals surface area contributed by atoms with Crippen LogP contribution in [0.15, 0.2) is 23.8 Å². The highest BCUT2D eigenvalue weighted by molar-refractivity contribution is 8.44. The fourth-order valence-electron chi connectivity index (χ4n) is 7.28. The second-order valence-electron chi connectivity index (χ2n) is 12.0. The van der Waals surface area contributed by atoms with Crippen molar-refractivity contribution < 1.29 is 47.1 Å². The maximum absolute atomic E-state index is 13.7. The number of nitrogens with zero attached hydrogens (tertiary/aromatic N) is 7. The maximum atomic E-state index is 13.7. The van der Waals surface area contributed by atoms with Crippen molar-refractivity contribution in [3.63, 3.8) is 0 Å². The fraction of sp³-hybridized carbons (Fsp3) is 0.583. The molecule has 0 amide bonds. The molecular formula is C24H29N9O11P2S. The molecule has 6 heterocycles. The molecule has 2 saturated heterocycles. The molecule has 2 bridgehead atoms. The number of ether oxygens (including phenoxy) is 1. The number of aryl methyl sites for hydroxylation is 1. The number of anilines is 1. The normalized spacial score (nSPS) is 40.4. The Hall–Kier alpha value is -2.81. The summed E-state index contributed by atoms with van der Waals surface area (Å²) in [7, 11) is -4.94. The second-order valence-corrected chi connectivity index (χ2v) is 16.3. The van der Waals surface area contributed by atoms with Gasteiger partial charge in [-0.3, -0.25) is 27.5 Å². The molecule has 2 aliphatic carbocycles. The molecule has 0 aromatic carbocycles. The van der Waals surface area contributed by atoms with Crippen LogP contribution in [0.2, 0.25) is 0 Å². The van der Waals surface area contributed by atoms with Crippen molar-refractivity contribution >= 4 is 55.0 Å². The lowest BCUT2D eigenvalue weighted by Crippen LogP contribution is -2.40. The van der Waals surface area contributed by atoms with Crippen LogP contribution < -0.4 is 11.3 Å². The summed E-state index contributed by atoms with van der Waals surface area (Å²) < 4.78 is 59.0. The van der Waals surface area contributed by atoms with Crippen molar-refractivity contribution in [2.75, 3.05) is 25.6 Å². The zero-order valence-corrected chi connectivity index (χ0v) is 27.0. The third kappa shape index (κ3) is 4.91. The van der Waals surface area contributed by atoms with E-state index in [-0.39, 0.29) is 22.8 Å². The third-order valence-electron chi connectivity index (χ3n) is 9.47. The molecule has 4 fully saturated rings. The van der Waals surface area contributed by atoms with Gasteiger partial charge < -0.3 is 35.1 Å². The summed E-state index contributed by atoms with van der Waals surface area (Å²) in [5.74, 6) is -1.83. The van der Waals surface area contributed by atoms with Gasteiger partial charge in [0.1, 0.15) is 36.0 Å². The Bertz CT molecular complexity index is 2060. The smallest absolute Gasteiger partial charge is 0.396 e. The Morgan fingerprint density at radius 1 is 1.11 bits per heavy atom. The number of thiol groups is 1. The molecule has 47 heavy (non-hydrogen) atoms. The van der Waals surface area contributed by atoms with Crippen LogP contribution in [0.4, 0.5) is 5.82 Å². The first-order valence-electron chi connectivity index (χ1n) is 14.5. The molecule has 0 radical (unpaired) electrons. The monoisotopic (exact) mass is 713 g/mol. The number of fused-ring (bicyclic) bond motifs is 7. The van der Waals surface area contributed by atoms with Gasteiger partial charge in [0.25, 0.3) is 5.56 Å². The van der Waals surface area contributed by atoms with Crippen LogP contribution in [0.5, 0.6) is 0 Å². The number of aromatic nitrogens is 8. The summed E-state index contributed by atoms with van der Waals surface area (Å²) in [6, 6.07) is 0. The maximum Gasteiger partial charge on any atom is 0.472 e. The average Bonchev–Trinajstić information content (AvgIpc) is 3.30. The number of imidazole rings is 2. The average molecular weight is 714 g/mol. The summed E-state index contributed by atoms with van der Waals surface area (Å²) in [4.78, 5) is 47.0. The van der Waals surface area contributed by atoms with Gasteiger partial charge in [-0.2, -0.15) is 0 Å². The minimum Gasteiger partial charge on any atom is -0.396 e. The highest BCUT2D eigenvalue weighted by Gasteiger charge is 2.74. The Morgan fingerprint density at radius 3 is 2.68 bits per heavy atom. The standard InChI is InChI=1S/C24H29N9O11P2S/c1-9-30-21-15(22(36)31-9)28-7-32(21)23-17-10(3-34)13(42-23)5-41-46(39,47)44-16-11(4-40-45(37,38)43-17)12-2-24(12,18(16)35)33-8-29-14-19(25)26-6-27-20(14)33/h6-8,10-13,16-18,23,34-35H,2-5H2,1H3,(H,37,38)(H,39,47)(H2,25,26,27)(H,30,31,36)/t10-,11+,12+,13-,16-,17-,18-,23-,24+,46-/m1/s1. The fourth-order valence-corrected chi connectivity index (χ4v) is 9.78. The first-order chi connectivity index (χ1) is 22.3. The van der Waals surface area contributed by atoms with Gasteiger partial charge in [0.15, 0.2) is 28.9 Å². The minimum absolute atomic E-state index is 0.0251. The number of aliphatic hydroxyl groups excluding tert-OH is 2. The van der Waals surface area contributed by atoms with Crippen molar-refractivity contribution in [2.24, 2.45) is 17.8 Å². The molecule has 4 aromatic rings. The third-order valence-corrected chi connectivity index (χ3v) is 12.1. The molecule has 1 unspecified atom stereocenters. The summed E-state index contributed by atoms with van der Waals surface area (Å²) in [5, 5.41) is 22.1. The minimum atomic E-state index is -4.94. The Balaban J connectivity index is 1.15. The zero-order chi connectivity index (χ0) is 33.0. The van der Waals surface area contributed by atoms with Crippen molar-refractivity contribution in [1.82, 2.24) is 39.0 Å². The molecule has 2 saturated carbocycles. The van der Waals surface area contributed by atoms with E-state index in [1.54, 1.807) is 11.5 Å². The van der Waals surface area contributed by atoms with Crippen LogP contribution in [-0.4, -0.2) is 98.4 Å². The van der Waals surface area contributed by atoms with Crippen LogP contribution in [0, 0.1) is 24.7 Å². The predicted octanol–water partition coefficient (Wildman–Crippen LogP) is 0.0174. The number of aliphatic hydroxyl groups is 2. The highest BCUT2D eigenvalue weighted by Crippen LogP contribution is 2.69. The Kier molecular flexibility index (Phi) is 7.26. The van der Waals surface area contributed by atoms with Gasteiger partial charge >= 0.3 is 14.6 Å². The lowest BCUT2D eigenvalue weighted by atomic mass is 9.99. The lowest BCUT2D eigenvalue weighted by molar-refractivity contribution is -0.0574. The van der Waals surface area contributed by atoms with Gasteiger partial charge in [-0.05, 0) is 19.3 Å². The predicted molar refractivity (Wildman–Crippen MR) is 161 cm³/mol. The number of phosphoric ester groups is 1. The van der Waals surface area contributed by atoms with E-state index in [4.69, 9.17) is 28.6 Å². The molecule has 23 heteroatoms. The van der Waals surface area contributed by atoms with E-state index in [2.05, 4.69) is 42.2 Å². The number of aromatic amines is 1. The summed E-state index contributed by atoms with van der Waals surface area (Å²) in [6.07, 6.45) is -1.94. The second kappa shape index (κ2) is 10.8. The van der Waals surface area contributed by atoms with Crippen LogP contribution >= 0.6 is 26.9 Å². The van der Waals surface area contributed by atoms with E-state index in [0.29, 0.717) is 17.6 Å². The molecule has 6 N–H and O–H groups in total. The SMILES string of the molecule is Cc1nc2c(ncn2[C@@H]2O[C@@H]3CO[P@@](=O)(S)O[C@@H]4[C@@H](COP(=O)(O)O[C@@H]2[C@@H]3CO)[C@@H]2C[C@@]2(n2cnc3c(N)ncnc32)[C@@H]4O)c(=O)[nH]1. The van der Waals surface area contributed by atoms with Crippen LogP contribution in [0.1, 0.15) is 18.5 Å². The number of nitrogens with one attached hydrogen (secondary N) is 1. The molecule has 0 spiro atoms. The number of nitrogen functional groups attached to an aromatic ring is 1. The molecule has 2 aliphatic heterocycles. The number of H-pyrrole nitrogens is 1. The number of hydrogen-bond acceptors (Lipinski definition) is 16. The first-order valence-corrected chi connectivity index (χ1v) is 18.7. The van der Waals surface area contributed by atoms with Gasteiger partial charge in [0.2, 0.25) is 0 Å². The van der Waals surface area contributed by atoms with E-state index in [1.165, 1.54) is 23.5 Å². The summed E-state index contributed by atoms with van der Waals surface area (Å²) in [6.45, 7) is -4.26. The van der Waals surface area contributed by atoms with Crippen molar-refractivity contribution in [2.45, 2.75) is 49.5 Å². The number of phosphoric acid groups is 1. The van der Waals surface area contributed by atoms with Crippen molar-refractivity contribution in [3.8, 4) is 0 Å². The van der Waals surface area contributed by atoms with E-state index in [9.17, 15) is 29.0 Å². The summed E-state index contributed by atoms with van der Waals surface area (Å²) >= 11 is 4.17. The van der Waals surface area contributed by atoms with Crippen LogP contribution in [0.3, 0.4) is 0 Å². The first kappa shape index (κ1) is 31.5. The van der Waals surface area contributed by atoms with Crippen molar-refractivity contribution in [3.05, 3.63) is 35.2 Å². The van der Waals surface area contributed by atoms with E-state index in [1.807, 2.05) is 0 Å². The van der Waals surface area contributed by atoms with Gasteiger partial charge in [-0.15, -0.1) is 0 Å². The largest absolute Gasteiger partial charge is 0.472 e. The number of nitrogens with two attached hydrogens (primary N) is 1. The summed E-state index contributed by atoms with van der Waals surface area (Å²) in [5.41, 5.74) is 5.13. The molecular weight excluding hydrogens is 684 g/mol. The molecule has 8 rings (SSSR count). The molecule has 4 aliphatic rings. The van der Waals surface area contributed by atoms with Gasteiger partial charge in [-0.1, -0.05) is 12.2 Å². The Morgan fingerprint density at radius 2 is 1.89 bits per heavy atom. The number of rotatable bonds is 3. The van der Waals surface area contributed by atoms with Crippen LogP contribution in [-0.2, 0) is 37.5 Å². The highest BCUT2D eigenvalue weighted by atomic mass is 32.7. The zero-order valence-electron chi connectivity index (χ0n) is 24.3.